The van der Waals surface area contributed by atoms with Gasteiger partial charge in [0, 0.05) is 13.1 Å². The van der Waals surface area contributed by atoms with Gasteiger partial charge in [-0.15, -0.1) is 0 Å². The molecule has 0 unspecified atom stereocenters. The van der Waals surface area contributed by atoms with Gasteiger partial charge >= 0.3 is 0 Å². The van der Waals surface area contributed by atoms with Gasteiger partial charge < -0.3 is 5.32 Å². The van der Waals surface area contributed by atoms with Gasteiger partial charge in [0.05, 0.1) is 4.92 Å². The Balaban J connectivity index is 2.57. The number of aromatic nitrogens is 1. The van der Waals surface area contributed by atoms with Crippen molar-refractivity contribution in [1.29, 1.82) is 0 Å². The SMILES string of the molecule is CNC(=S)NNc1ccc([N+](=O)[O-])cn1. The Bertz CT molecular complexity index is 366. The number of hydrazine groups is 1. The molecule has 0 saturated carbocycles. The Labute approximate surface area is 91.0 Å². The van der Waals surface area contributed by atoms with Crippen LogP contribution in [0.4, 0.5) is 11.5 Å². The molecule has 0 fully saturated rings. The third-order valence-corrected chi connectivity index (χ3v) is 1.80. The van der Waals surface area contributed by atoms with Crippen LogP contribution in [0.3, 0.4) is 0 Å². The molecule has 0 radical (unpaired) electrons. The average molecular weight is 227 g/mol. The van der Waals surface area contributed by atoms with Gasteiger partial charge in [-0.1, -0.05) is 0 Å². The van der Waals surface area contributed by atoms with Crippen LogP contribution in [-0.4, -0.2) is 22.1 Å². The highest BCUT2D eigenvalue weighted by molar-refractivity contribution is 7.80. The summed E-state index contributed by atoms with van der Waals surface area (Å²) in [7, 11) is 1.67. The van der Waals surface area contributed by atoms with Crippen LogP contribution in [0.1, 0.15) is 0 Å². The van der Waals surface area contributed by atoms with Crippen molar-refractivity contribution in [3.05, 3.63) is 28.4 Å². The predicted octanol–water partition coefficient (Wildman–Crippen LogP) is 0.411. The van der Waals surface area contributed by atoms with Gasteiger partial charge in [0.1, 0.15) is 12.0 Å². The molecule has 1 aromatic heterocycles. The van der Waals surface area contributed by atoms with E-state index in [2.05, 4.69) is 21.2 Å². The lowest BCUT2D eigenvalue weighted by atomic mass is 10.4. The van der Waals surface area contributed by atoms with E-state index in [1.54, 1.807) is 7.05 Å². The van der Waals surface area contributed by atoms with E-state index in [0.717, 1.165) is 6.20 Å². The second-order valence-corrected chi connectivity index (χ2v) is 2.90. The molecule has 0 aliphatic heterocycles. The van der Waals surface area contributed by atoms with Gasteiger partial charge in [-0.25, -0.2) is 4.98 Å². The largest absolute Gasteiger partial charge is 0.364 e. The first-order chi connectivity index (χ1) is 7.13. The van der Waals surface area contributed by atoms with E-state index in [1.807, 2.05) is 0 Å². The van der Waals surface area contributed by atoms with Crippen molar-refractivity contribution in [3.63, 3.8) is 0 Å². The zero-order valence-corrected chi connectivity index (χ0v) is 8.67. The number of nitro groups is 1. The fourth-order valence-electron chi connectivity index (χ4n) is 0.751. The maximum Gasteiger partial charge on any atom is 0.287 e. The lowest BCUT2D eigenvalue weighted by Crippen LogP contribution is -2.36. The summed E-state index contributed by atoms with van der Waals surface area (Å²) in [5, 5.41) is 13.4. The topological polar surface area (TPSA) is 92.1 Å². The summed E-state index contributed by atoms with van der Waals surface area (Å²) in [4.78, 5) is 13.6. The molecule has 1 aromatic rings. The summed E-state index contributed by atoms with van der Waals surface area (Å²) in [6, 6.07) is 2.82. The fourth-order valence-corrected chi connectivity index (χ4v) is 0.802. The molecular weight excluding hydrogens is 218 g/mol. The molecule has 8 heteroatoms. The minimum atomic E-state index is -0.511. The van der Waals surface area contributed by atoms with Gasteiger partial charge in [-0.05, 0) is 18.3 Å². The van der Waals surface area contributed by atoms with E-state index in [4.69, 9.17) is 12.2 Å². The molecule has 0 spiro atoms. The molecule has 7 nitrogen and oxygen atoms in total. The van der Waals surface area contributed by atoms with Gasteiger partial charge in [-0.2, -0.15) is 0 Å². The van der Waals surface area contributed by atoms with Crippen LogP contribution in [-0.2, 0) is 0 Å². The van der Waals surface area contributed by atoms with Gasteiger partial charge in [-0.3, -0.25) is 21.0 Å². The molecule has 0 saturated heterocycles. The number of anilines is 1. The van der Waals surface area contributed by atoms with Crippen molar-refractivity contribution in [3.8, 4) is 0 Å². The number of nitrogens with zero attached hydrogens (tertiary/aromatic N) is 2. The van der Waals surface area contributed by atoms with Gasteiger partial charge in [0.2, 0.25) is 0 Å². The van der Waals surface area contributed by atoms with Crippen molar-refractivity contribution in [1.82, 2.24) is 15.7 Å². The fraction of sp³-hybridized carbons (Fsp3) is 0.143. The molecule has 0 aliphatic carbocycles. The maximum atomic E-state index is 10.3. The molecule has 1 rings (SSSR count). The summed E-state index contributed by atoms with van der Waals surface area (Å²) >= 11 is 4.80. The number of nitrogens with one attached hydrogen (secondary N) is 3. The van der Waals surface area contributed by atoms with Gasteiger partial charge in [0.15, 0.2) is 5.11 Å². The Hall–Kier alpha value is -1.96. The normalized spacial score (nSPS) is 9.13. The monoisotopic (exact) mass is 227 g/mol. The number of thiocarbonyl (C=S) groups is 1. The molecule has 0 aromatic carbocycles. The number of hydrogen-bond donors (Lipinski definition) is 3. The summed E-state index contributed by atoms with van der Waals surface area (Å²) in [6.45, 7) is 0. The number of hydrogen-bond acceptors (Lipinski definition) is 5. The van der Waals surface area contributed by atoms with E-state index in [0.29, 0.717) is 10.9 Å². The van der Waals surface area contributed by atoms with Crippen molar-refractivity contribution in [2.75, 3.05) is 12.5 Å². The summed E-state index contributed by atoms with van der Waals surface area (Å²) < 4.78 is 0. The first kappa shape index (κ1) is 11.1. The van der Waals surface area contributed by atoms with E-state index in [1.165, 1.54) is 12.1 Å². The highest BCUT2D eigenvalue weighted by Gasteiger charge is 2.04. The molecule has 0 amide bonds. The number of rotatable bonds is 3. The van der Waals surface area contributed by atoms with Crippen molar-refractivity contribution >= 4 is 28.8 Å². The Kier molecular flexibility index (Phi) is 3.75. The van der Waals surface area contributed by atoms with E-state index in [9.17, 15) is 10.1 Å². The quantitative estimate of drug-likeness (QED) is 0.391. The third kappa shape index (κ3) is 3.35. The van der Waals surface area contributed by atoms with Crippen molar-refractivity contribution in [2.24, 2.45) is 0 Å². The molecule has 80 valence electrons. The van der Waals surface area contributed by atoms with Crippen LogP contribution >= 0.6 is 12.2 Å². The summed E-state index contributed by atoms with van der Waals surface area (Å²) in [6.07, 6.45) is 1.16. The van der Waals surface area contributed by atoms with Crippen LogP contribution in [0.2, 0.25) is 0 Å². The first-order valence-corrected chi connectivity index (χ1v) is 4.38. The summed E-state index contributed by atoms with van der Waals surface area (Å²) in [5.74, 6) is 0.443. The zero-order valence-electron chi connectivity index (χ0n) is 7.85. The van der Waals surface area contributed by atoms with Crippen molar-refractivity contribution in [2.45, 2.75) is 0 Å². The maximum absolute atomic E-state index is 10.3. The van der Waals surface area contributed by atoms with Crippen LogP contribution in [0, 0.1) is 10.1 Å². The molecule has 0 atom stereocenters. The highest BCUT2D eigenvalue weighted by Crippen LogP contribution is 2.10. The smallest absolute Gasteiger partial charge is 0.287 e. The lowest BCUT2D eigenvalue weighted by Gasteiger charge is -2.08. The molecule has 15 heavy (non-hydrogen) atoms. The van der Waals surface area contributed by atoms with Crippen LogP contribution in [0.15, 0.2) is 18.3 Å². The zero-order chi connectivity index (χ0) is 11.3. The lowest BCUT2D eigenvalue weighted by molar-refractivity contribution is -0.385. The third-order valence-electron chi connectivity index (χ3n) is 1.49. The van der Waals surface area contributed by atoms with E-state index in [-0.39, 0.29) is 5.69 Å². The van der Waals surface area contributed by atoms with Crippen LogP contribution in [0.5, 0.6) is 0 Å². The van der Waals surface area contributed by atoms with Crippen LogP contribution < -0.4 is 16.2 Å². The molecule has 0 aliphatic rings. The average Bonchev–Trinajstić information content (AvgIpc) is 2.26. The second-order valence-electron chi connectivity index (χ2n) is 2.49. The second kappa shape index (κ2) is 5.05. The molecule has 3 N–H and O–H groups in total. The minimum Gasteiger partial charge on any atom is -0.364 e. The molecule has 0 bridgehead atoms. The first-order valence-electron chi connectivity index (χ1n) is 3.97. The Morgan fingerprint density at radius 3 is 2.80 bits per heavy atom. The van der Waals surface area contributed by atoms with E-state index >= 15 is 0 Å². The Morgan fingerprint density at radius 2 is 2.33 bits per heavy atom. The Morgan fingerprint density at radius 1 is 1.60 bits per heavy atom. The minimum absolute atomic E-state index is 0.0586. The van der Waals surface area contributed by atoms with Gasteiger partial charge in [0.25, 0.3) is 5.69 Å². The highest BCUT2D eigenvalue weighted by atomic mass is 32.1. The predicted molar refractivity (Wildman–Crippen MR) is 59.3 cm³/mol. The molecular formula is C7H9N5O2S. The van der Waals surface area contributed by atoms with Crippen molar-refractivity contribution < 1.29 is 4.92 Å². The van der Waals surface area contributed by atoms with Crippen LogP contribution in [0.25, 0.3) is 0 Å². The number of pyridine rings is 1. The standard InChI is InChI=1S/C7H9N5O2S/c1-8-7(15)11-10-6-3-2-5(4-9-6)12(13)14/h2-4H,1H3,(H,9,10)(H2,8,11,15). The van der Waals surface area contributed by atoms with E-state index < -0.39 is 4.92 Å². The summed E-state index contributed by atoms with van der Waals surface area (Å²) in [5.41, 5.74) is 5.25. The molecule has 1 heterocycles.